The number of allylic oxidation sites excluding steroid dienone is 1. The van der Waals surface area contributed by atoms with Crippen molar-refractivity contribution in [2.45, 2.75) is 89.8 Å². The quantitative estimate of drug-likeness (QED) is 0.367. The monoisotopic (exact) mass is 528 g/mol. The predicted molar refractivity (Wildman–Crippen MR) is 142 cm³/mol. The highest BCUT2D eigenvalue weighted by Crippen LogP contribution is 2.52. The van der Waals surface area contributed by atoms with E-state index in [1.54, 1.807) is 4.90 Å². The van der Waals surface area contributed by atoms with E-state index in [1.807, 2.05) is 11.8 Å². The Hall–Kier alpha value is -2.19. The van der Waals surface area contributed by atoms with E-state index in [0.29, 0.717) is 38.8 Å². The summed E-state index contributed by atoms with van der Waals surface area (Å²) in [7, 11) is 1.41. The fraction of sp³-hybridized carbons (Fsp3) is 0.767. The van der Waals surface area contributed by atoms with E-state index in [0.717, 1.165) is 37.8 Å². The van der Waals surface area contributed by atoms with E-state index in [9.17, 15) is 14.4 Å². The third kappa shape index (κ3) is 5.31. The van der Waals surface area contributed by atoms with E-state index in [1.165, 1.54) is 38.4 Å². The summed E-state index contributed by atoms with van der Waals surface area (Å²) in [6.45, 7) is 4.56. The summed E-state index contributed by atoms with van der Waals surface area (Å²) < 4.78 is 17.4. The fourth-order valence-electron chi connectivity index (χ4n) is 7.32. The van der Waals surface area contributed by atoms with Gasteiger partial charge in [-0.2, -0.15) is 0 Å². The molecule has 0 aromatic heterocycles. The van der Waals surface area contributed by atoms with Crippen molar-refractivity contribution in [2.24, 2.45) is 17.3 Å². The topological polar surface area (TPSA) is 85.4 Å². The molecule has 4 atom stereocenters. The molecule has 1 saturated carbocycles. The van der Waals surface area contributed by atoms with Crippen molar-refractivity contribution in [3.63, 3.8) is 0 Å². The molecule has 3 aliphatic heterocycles. The maximum absolute atomic E-state index is 14.1. The van der Waals surface area contributed by atoms with Crippen LogP contribution in [-0.2, 0) is 28.6 Å². The number of piperidine rings is 1. The van der Waals surface area contributed by atoms with Crippen LogP contribution in [0.5, 0.6) is 0 Å². The molecule has 2 saturated heterocycles. The number of carbonyl (C=O) groups is 3. The summed E-state index contributed by atoms with van der Waals surface area (Å²) in [5.41, 5.74) is 1.03. The standard InChI is InChI=1S/C30H44N2O6/c1-21-30(29(35)36-2)20-24(18-27(33)31-14-16-37-17-15-31)28(34)32(13-12-22-8-4-3-5-9-22)26(30)19-25(38-21)23-10-6-7-11-23/h8,19,21,23-25H,3-7,9-18,20H2,1-2H3/t21-,24+,25-,30+/m1/s1. The SMILES string of the molecule is COC(=O)[C@]12C[C@H](CC(=O)N3CCOCC3)C(=O)N(CCC3=CCCCC3)C1=C[C@H](C1CCCC1)O[C@@H]2C. The predicted octanol–water partition coefficient (Wildman–Crippen LogP) is 4.00. The summed E-state index contributed by atoms with van der Waals surface area (Å²) in [4.78, 5) is 44.7. The van der Waals surface area contributed by atoms with Gasteiger partial charge in [0.1, 0.15) is 5.41 Å². The Labute approximate surface area is 226 Å². The highest BCUT2D eigenvalue weighted by atomic mass is 16.5. The van der Waals surface area contributed by atoms with Gasteiger partial charge in [-0.1, -0.05) is 24.5 Å². The van der Waals surface area contributed by atoms with Crippen LogP contribution >= 0.6 is 0 Å². The Bertz CT molecular complexity index is 964. The lowest BCUT2D eigenvalue weighted by Gasteiger charge is -2.52. The normalized spacial score (nSPS) is 32.5. The van der Waals surface area contributed by atoms with Crippen molar-refractivity contribution in [2.75, 3.05) is 40.0 Å². The molecule has 5 rings (SSSR count). The Morgan fingerprint density at radius 1 is 1.13 bits per heavy atom. The Morgan fingerprint density at radius 3 is 2.58 bits per heavy atom. The molecule has 0 aromatic carbocycles. The maximum Gasteiger partial charge on any atom is 0.320 e. The minimum absolute atomic E-state index is 0.0481. The minimum Gasteiger partial charge on any atom is -0.468 e. The maximum atomic E-state index is 14.1. The van der Waals surface area contributed by atoms with Crippen LogP contribution in [0.1, 0.15) is 77.6 Å². The number of nitrogens with zero attached hydrogens (tertiary/aromatic N) is 2. The molecule has 8 heteroatoms. The van der Waals surface area contributed by atoms with Gasteiger partial charge >= 0.3 is 5.97 Å². The number of methoxy groups -OCH3 is 1. The second kappa shape index (κ2) is 11.9. The molecular weight excluding hydrogens is 484 g/mol. The number of likely N-dealkylation sites (tertiary alicyclic amines) is 1. The first-order valence-electron chi connectivity index (χ1n) is 14.7. The van der Waals surface area contributed by atoms with Crippen LogP contribution in [0.3, 0.4) is 0 Å². The van der Waals surface area contributed by atoms with Crippen molar-refractivity contribution in [1.82, 2.24) is 9.80 Å². The Balaban J connectivity index is 1.48. The van der Waals surface area contributed by atoms with Gasteiger partial charge in [0.05, 0.1) is 32.5 Å². The molecule has 3 heterocycles. The number of ether oxygens (including phenoxy) is 3. The van der Waals surface area contributed by atoms with Gasteiger partial charge in [0, 0.05) is 37.7 Å². The molecule has 2 aliphatic carbocycles. The average molecular weight is 529 g/mol. The smallest absolute Gasteiger partial charge is 0.320 e. The number of fused-ring (bicyclic) bond motifs is 1. The van der Waals surface area contributed by atoms with Crippen LogP contribution in [0.15, 0.2) is 23.4 Å². The molecule has 3 fully saturated rings. The average Bonchev–Trinajstić information content (AvgIpc) is 3.49. The first kappa shape index (κ1) is 27.4. The molecule has 0 radical (unpaired) electrons. The van der Waals surface area contributed by atoms with E-state index in [4.69, 9.17) is 14.2 Å². The number of hydrogen-bond donors (Lipinski definition) is 0. The second-order valence-electron chi connectivity index (χ2n) is 11.7. The summed E-state index contributed by atoms with van der Waals surface area (Å²) >= 11 is 0. The minimum atomic E-state index is -1.10. The van der Waals surface area contributed by atoms with Gasteiger partial charge in [0.15, 0.2) is 0 Å². The largest absolute Gasteiger partial charge is 0.468 e. The molecule has 0 aromatic rings. The fourth-order valence-corrected chi connectivity index (χ4v) is 7.32. The van der Waals surface area contributed by atoms with E-state index < -0.39 is 17.4 Å². The third-order valence-electron chi connectivity index (χ3n) is 9.55. The molecule has 38 heavy (non-hydrogen) atoms. The van der Waals surface area contributed by atoms with Gasteiger partial charge in [-0.25, -0.2) is 0 Å². The van der Waals surface area contributed by atoms with Gasteiger partial charge in [-0.05, 0) is 70.3 Å². The number of rotatable bonds is 7. The molecule has 0 N–H and O–H groups in total. The molecular formula is C30H44N2O6. The second-order valence-corrected chi connectivity index (χ2v) is 11.7. The molecule has 8 nitrogen and oxygen atoms in total. The van der Waals surface area contributed by atoms with Gasteiger partial charge in [0.2, 0.25) is 11.8 Å². The number of amides is 2. The van der Waals surface area contributed by atoms with Crippen LogP contribution in [0, 0.1) is 17.3 Å². The number of esters is 1. The zero-order valence-electron chi connectivity index (χ0n) is 23.1. The number of morpholine rings is 1. The molecule has 5 aliphatic rings. The van der Waals surface area contributed by atoms with Crippen LogP contribution in [0.25, 0.3) is 0 Å². The number of carbonyl (C=O) groups excluding carboxylic acids is 3. The van der Waals surface area contributed by atoms with Crippen LogP contribution in [0.2, 0.25) is 0 Å². The van der Waals surface area contributed by atoms with Crippen molar-refractivity contribution >= 4 is 17.8 Å². The lowest BCUT2D eigenvalue weighted by molar-refractivity contribution is -0.178. The third-order valence-corrected chi connectivity index (χ3v) is 9.55. The highest BCUT2D eigenvalue weighted by molar-refractivity contribution is 5.92. The molecule has 0 bridgehead atoms. The van der Waals surface area contributed by atoms with Crippen molar-refractivity contribution in [3.8, 4) is 0 Å². The molecule has 210 valence electrons. The number of hydrogen-bond acceptors (Lipinski definition) is 6. The van der Waals surface area contributed by atoms with Crippen LogP contribution in [-0.4, -0.2) is 79.7 Å². The Kier molecular flexibility index (Phi) is 8.58. The summed E-state index contributed by atoms with van der Waals surface area (Å²) in [6, 6.07) is 0. The van der Waals surface area contributed by atoms with Gasteiger partial charge in [-0.15, -0.1) is 0 Å². The van der Waals surface area contributed by atoms with E-state index in [2.05, 4.69) is 12.2 Å². The van der Waals surface area contributed by atoms with Gasteiger partial charge in [0.25, 0.3) is 0 Å². The Morgan fingerprint density at radius 2 is 1.89 bits per heavy atom. The van der Waals surface area contributed by atoms with Crippen molar-refractivity contribution in [1.29, 1.82) is 0 Å². The first-order chi connectivity index (χ1) is 18.4. The molecule has 0 unspecified atom stereocenters. The van der Waals surface area contributed by atoms with Crippen LogP contribution in [0.4, 0.5) is 0 Å². The summed E-state index contributed by atoms with van der Waals surface area (Å²) in [5, 5.41) is 0. The highest BCUT2D eigenvalue weighted by Gasteiger charge is 2.60. The summed E-state index contributed by atoms with van der Waals surface area (Å²) in [6.07, 6.45) is 14.0. The summed E-state index contributed by atoms with van der Waals surface area (Å²) in [5.74, 6) is -0.676. The lowest BCUT2D eigenvalue weighted by atomic mass is 9.66. The van der Waals surface area contributed by atoms with E-state index >= 15 is 0 Å². The molecule has 0 spiro atoms. The first-order valence-corrected chi connectivity index (χ1v) is 14.7. The van der Waals surface area contributed by atoms with E-state index in [-0.39, 0.29) is 36.7 Å². The lowest BCUT2D eigenvalue weighted by Crippen LogP contribution is -2.61. The van der Waals surface area contributed by atoms with Crippen LogP contribution < -0.4 is 0 Å². The van der Waals surface area contributed by atoms with Gasteiger partial charge < -0.3 is 24.0 Å². The molecule has 2 amide bonds. The zero-order chi connectivity index (χ0) is 26.7. The van der Waals surface area contributed by atoms with Crippen molar-refractivity contribution < 1.29 is 28.6 Å². The zero-order valence-corrected chi connectivity index (χ0v) is 23.1. The van der Waals surface area contributed by atoms with Crippen molar-refractivity contribution in [3.05, 3.63) is 23.4 Å². The van der Waals surface area contributed by atoms with Gasteiger partial charge in [-0.3, -0.25) is 14.4 Å².